The molecule has 0 amide bonds. The van der Waals surface area contributed by atoms with Crippen LogP contribution in [-0.2, 0) is 4.79 Å². The van der Waals surface area contributed by atoms with Crippen molar-refractivity contribution in [2.75, 3.05) is 0 Å². The van der Waals surface area contributed by atoms with Crippen LogP contribution < -0.4 is 0 Å². The molecule has 5 rings (SSSR count). The number of imidazole rings is 1. The van der Waals surface area contributed by atoms with E-state index >= 15 is 0 Å². The second kappa shape index (κ2) is 6.68. The van der Waals surface area contributed by atoms with E-state index in [1.165, 1.54) is 16.5 Å². The summed E-state index contributed by atoms with van der Waals surface area (Å²) in [6.45, 7) is 0. The number of fused-ring (bicyclic) bond motifs is 1. The topological polar surface area (TPSA) is 70.9 Å². The van der Waals surface area contributed by atoms with Gasteiger partial charge in [-0.2, -0.15) is 0 Å². The van der Waals surface area contributed by atoms with Crippen LogP contribution in [0.2, 0.25) is 0 Å². The normalized spacial score (nSPS) is 19.3. The van der Waals surface area contributed by atoms with E-state index in [0.29, 0.717) is 6.42 Å². The second-order valence-electron chi connectivity index (χ2n) is 7.55. The molecule has 2 aromatic heterocycles. The maximum Gasteiger partial charge on any atom is 0.306 e. The Labute approximate surface area is 162 Å². The quantitative estimate of drug-likeness (QED) is 0.523. The molecule has 5 nitrogen and oxygen atoms in total. The molecule has 140 valence electrons. The SMILES string of the molecule is O=C(O)[C@H]1CC[C@@H](n2cncc2-c2ccc(-c3ccc4[nH]ccc4c3)cc2)C1. The summed E-state index contributed by atoms with van der Waals surface area (Å²) in [4.78, 5) is 18.8. The van der Waals surface area contributed by atoms with Gasteiger partial charge in [0.25, 0.3) is 0 Å². The van der Waals surface area contributed by atoms with Crippen molar-refractivity contribution in [1.82, 2.24) is 14.5 Å². The zero-order chi connectivity index (χ0) is 19.1. The van der Waals surface area contributed by atoms with Gasteiger partial charge in [0, 0.05) is 17.8 Å². The van der Waals surface area contributed by atoms with E-state index in [4.69, 9.17) is 0 Å². The molecule has 2 N–H and O–H groups in total. The van der Waals surface area contributed by atoms with E-state index in [-0.39, 0.29) is 12.0 Å². The van der Waals surface area contributed by atoms with Crippen LogP contribution in [0.4, 0.5) is 0 Å². The summed E-state index contributed by atoms with van der Waals surface area (Å²) in [7, 11) is 0. The zero-order valence-corrected chi connectivity index (χ0v) is 15.4. The molecule has 2 atom stereocenters. The Balaban J connectivity index is 1.42. The van der Waals surface area contributed by atoms with E-state index in [1.54, 1.807) is 0 Å². The van der Waals surface area contributed by atoms with Gasteiger partial charge in [0.15, 0.2) is 0 Å². The van der Waals surface area contributed by atoms with Gasteiger partial charge in [-0.3, -0.25) is 4.79 Å². The zero-order valence-electron chi connectivity index (χ0n) is 15.4. The van der Waals surface area contributed by atoms with Gasteiger partial charge in [-0.25, -0.2) is 4.98 Å². The van der Waals surface area contributed by atoms with Crippen LogP contribution in [0, 0.1) is 5.92 Å². The number of benzene rings is 2. The predicted octanol–water partition coefficient (Wildman–Crippen LogP) is 5.12. The lowest BCUT2D eigenvalue weighted by Crippen LogP contribution is -2.11. The van der Waals surface area contributed by atoms with Crippen molar-refractivity contribution in [3.05, 3.63) is 67.3 Å². The Bertz CT molecular complexity index is 1140. The van der Waals surface area contributed by atoms with Crippen LogP contribution in [-0.4, -0.2) is 25.6 Å². The summed E-state index contributed by atoms with van der Waals surface area (Å²) in [6.07, 6.45) is 7.95. The van der Waals surface area contributed by atoms with E-state index < -0.39 is 5.97 Å². The molecule has 0 spiro atoms. The highest BCUT2D eigenvalue weighted by atomic mass is 16.4. The van der Waals surface area contributed by atoms with Crippen LogP contribution in [0.1, 0.15) is 25.3 Å². The highest BCUT2D eigenvalue weighted by molar-refractivity contribution is 5.85. The van der Waals surface area contributed by atoms with E-state index in [9.17, 15) is 9.90 Å². The molecule has 1 aliphatic carbocycles. The lowest BCUT2D eigenvalue weighted by molar-refractivity contribution is -0.141. The van der Waals surface area contributed by atoms with Crippen molar-refractivity contribution in [2.45, 2.75) is 25.3 Å². The Morgan fingerprint density at radius 3 is 2.61 bits per heavy atom. The number of aliphatic carboxylic acids is 1. The minimum absolute atomic E-state index is 0.203. The number of carbonyl (C=O) groups is 1. The fourth-order valence-electron chi connectivity index (χ4n) is 4.32. The van der Waals surface area contributed by atoms with Gasteiger partial charge < -0.3 is 14.7 Å². The maximum atomic E-state index is 11.3. The molecule has 0 bridgehead atoms. The van der Waals surface area contributed by atoms with Crippen LogP contribution >= 0.6 is 0 Å². The second-order valence-corrected chi connectivity index (χ2v) is 7.55. The smallest absolute Gasteiger partial charge is 0.306 e. The summed E-state index contributed by atoms with van der Waals surface area (Å²) in [5.74, 6) is -0.932. The molecule has 0 saturated heterocycles. The predicted molar refractivity (Wildman–Crippen MR) is 109 cm³/mol. The fraction of sp³-hybridized carbons (Fsp3) is 0.217. The fourth-order valence-corrected chi connectivity index (χ4v) is 4.32. The Morgan fingerprint density at radius 1 is 1.04 bits per heavy atom. The molecular weight excluding hydrogens is 350 g/mol. The molecule has 4 aromatic rings. The summed E-state index contributed by atoms with van der Waals surface area (Å²) in [5, 5.41) is 10.5. The van der Waals surface area contributed by atoms with Gasteiger partial charge in [0.05, 0.1) is 24.1 Å². The molecule has 0 unspecified atom stereocenters. The Morgan fingerprint density at radius 2 is 1.82 bits per heavy atom. The number of nitrogens with zero attached hydrogens (tertiary/aromatic N) is 2. The maximum absolute atomic E-state index is 11.3. The minimum Gasteiger partial charge on any atom is -0.481 e. The summed E-state index contributed by atoms with van der Waals surface area (Å²) in [6, 6.07) is 17.2. The van der Waals surface area contributed by atoms with Crippen molar-refractivity contribution in [3.8, 4) is 22.4 Å². The third kappa shape index (κ3) is 2.89. The molecule has 2 heterocycles. The Kier molecular flexibility index (Phi) is 4.01. The van der Waals surface area contributed by atoms with Crippen molar-refractivity contribution in [2.24, 2.45) is 5.92 Å². The molecule has 1 fully saturated rings. The number of hydrogen-bond donors (Lipinski definition) is 2. The number of rotatable bonds is 4. The largest absolute Gasteiger partial charge is 0.481 e. The first-order chi connectivity index (χ1) is 13.7. The average Bonchev–Trinajstić information content (AvgIpc) is 3.47. The highest BCUT2D eigenvalue weighted by Gasteiger charge is 2.31. The summed E-state index contributed by atoms with van der Waals surface area (Å²) < 4.78 is 2.14. The monoisotopic (exact) mass is 371 g/mol. The highest BCUT2D eigenvalue weighted by Crippen LogP contribution is 2.37. The van der Waals surface area contributed by atoms with Crippen molar-refractivity contribution in [1.29, 1.82) is 0 Å². The first-order valence-corrected chi connectivity index (χ1v) is 9.61. The molecule has 28 heavy (non-hydrogen) atoms. The van der Waals surface area contributed by atoms with Crippen LogP contribution in [0.5, 0.6) is 0 Å². The van der Waals surface area contributed by atoms with Gasteiger partial charge in [0.2, 0.25) is 0 Å². The van der Waals surface area contributed by atoms with Crippen molar-refractivity contribution < 1.29 is 9.90 Å². The van der Waals surface area contributed by atoms with E-state index in [0.717, 1.165) is 29.6 Å². The average molecular weight is 371 g/mol. The Hall–Kier alpha value is -3.34. The van der Waals surface area contributed by atoms with Crippen LogP contribution in [0.15, 0.2) is 67.3 Å². The van der Waals surface area contributed by atoms with Crippen molar-refractivity contribution in [3.63, 3.8) is 0 Å². The number of aromatic nitrogens is 3. The number of H-pyrrole nitrogens is 1. The molecule has 1 aliphatic rings. The van der Waals surface area contributed by atoms with Gasteiger partial charge in [-0.15, -0.1) is 0 Å². The number of hydrogen-bond acceptors (Lipinski definition) is 2. The third-order valence-electron chi connectivity index (χ3n) is 5.88. The first-order valence-electron chi connectivity index (χ1n) is 9.61. The number of carboxylic acids is 1. The molecule has 1 saturated carbocycles. The molecule has 0 aliphatic heterocycles. The van der Waals surface area contributed by atoms with E-state index in [1.807, 2.05) is 18.7 Å². The van der Waals surface area contributed by atoms with Gasteiger partial charge in [0.1, 0.15) is 0 Å². The minimum atomic E-state index is -0.687. The molecule has 5 heteroatoms. The summed E-state index contributed by atoms with van der Waals surface area (Å²) in [5.41, 5.74) is 5.64. The summed E-state index contributed by atoms with van der Waals surface area (Å²) >= 11 is 0. The van der Waals surface area contributed by atoms with Crippen LogP contribution in [0.3, 0.4) is 0 Å². The third-order valence-corrected chi connectivity index (χ3v) is 5.88. The van der Waals surface area contributed by atoms with Gasteiger partial charge >= 0.3 is 5.97 Å². The number of aromatic amines is 1. The standard InChI is InChI=1S/C23H21N3O2/c27-23(28)19-5-7-20(12-19)26-14-24-13-22(26)16-3-1-15(2-4-16)17-6-8-21-18(11-17)9-10-25-21/h1-4,6,8-11,13-14,19-20,25H,5,7,12H2,(H,27,28)/t19-,20+/m0/s1. The van der Waals surface area contributed by atoms with Gasteiger partial charge in [-0.05, 0) is 59.5 Å². The van der Waals surface area contributed by atoms with Crippen LogP contribution in [0.25, 0.3) is 33.3 Å². The molecular formula is C23H21N3O2. The molecule has 2 aromatic carbocycles. The van der Waals surface area contributed by atoms with Crippen molar-refractivity contribution >= 4 is 16.9 Å². The first kappa shape index (κ1) is 16.8. The number of nitrogens with one attached hydrogen (secondary N) is 1. The number of carboxylic acid groups (broad SMARTS) is 1. The van der Waals surface area contributed by atoms with E-state index in [2.05, 4.69) is 63.1 Å². The van der Waals surface area contributed by atoms with Gasteiger partial charge in [-0.1, -0.05) is 30.3 Å². The lowest BCUT2D eigenvalue weighted by atomic mass is 10.0. The lowest BCUT2D eigenvalue weighted by Gasteiger charge is -2.16. The molecule has 0 radical (unpaired) electrons.